The van der Waals surface area contributed by atoms with Crippen molar-refractivity contribution in [1.29, 1.82) is 0 Å². The molecule has 0 atom stereocenters. The molecular weight excluding hydrogens is 264 g/mol. The summed E-state index contributed by atoms with van der Waals surface area (Å²) in [5.41, 5.74) is 0. The summed E-state index contributed by atoms with van der Waals surface area (Å²) in [7, 11) is 0. The Labute approximate surface area is 119 Å². The topological polar surface area (TPSA) is 41.6 Å². The fourth-order valence-electron chi connectivity index (χ4n) is 1.65. The van der Waals surface area contributed by atoms with Crippen molar-refractivity contribution in [2.75, 3.05) is 32.8 Å². The molecule has 1 aromatic carbocycles. The molecule has 4 nitrogen and oxygen atoms in total. The maximum absolute atomic E-state index is 11.5. The highest BCUT2D eigenvalue weighted by molar-refractivity contribution is 6.32. The number of ether oxygens (including phenoxy) is 1. The van der Waals surface area contributed by atoms with Gasteiger partial charge in [-0.05, 0) is 25.6 Å². The molecule has 0 aromatic heterocycles. The SMILES string of the molecule is CCNC(=O)CN(CC)CCOc1ccccc1Cl. The first-order chi connectivity index (χ1) is 9.17. The van der Waals surface area contributed by atoms with Crippen LogP contribution in [0.5, 0.6) is 5.75 Å². The third kappa shape index (κ3) is 5.94. The van der Waals surface area contributed by atoms with E-state index in [1.165, 1.54) is 0 Å². The zero-order chi connectivity index (χ0) is 14.1. The minimum absolute atomic E-state index is 0.0436. The number of hydrogen-bond donors (Lipinski definition) is 1. The number of halogens is 1. The first-order valence-electron chi connectivity index (χ1n) is 6.53. The number of amides is 1. The van der Waals surface area contributed by atoms with Crippen molar-refractivity contribution in [3.8, 4) is 5.75 Å². The molecule has 0 heterocycles. The lowest BCUT2D eigenvalue weighted by Gasteiger charge is -2.19. The normalized spacial score (nSPS) is 10.5. The van der Waals surface area contributed by atoms with Gasteiger partial charge in [-0.3, -0.25) is 9.69 Å². The van der Waals surface area contributed by atoms with E-state index in [9.17, 15) is 4.79 Å². The lowest BCUT2D eigenvalue weighted by Crippen LogP contribution is -2.38. The minimum Gasteiger partial charge on any atom is -0.491 e. The standard InChI is InChI=1S/C14H21ClN2O2/c1-3-16-14(18)11-17(4-2)9-10-19-13-8-6-5-7-12(13)15/h5-8H,3-4,9-11H2,1-2H3,(H,16,18). The predicted octanol–water partition coefficient (Wildman–Crippen LogP) is 2.18. The molecule has 0 spiro atoms. The molecule has 1 aromatic rings. The molecule has 1 amide bonds. The average Bonchev–Trinajstić information content (AvgIpc) is 2.40. The molecule has 0 radical (unpaired) electrons. The van der Waals surface area contributed by atoms with E-state index in [0.29, 0.717) is 37.0 Å². The average molecular weight is 285 g/mol. The highest BCUT2D eigenvalue weighted by Gasteiger charge is 2.08. The van der Waals surface area contributed by atoms with Gasteiger partial charge < -0.3 is 10.1 Å². The van der Waals surface area contributed by atoms with Crippen LogP contribution in [0.3, 0.4) is 0 Å². The molecule has 5 heteroatoms. The Bertz CT molecular complexity index is 399. The Hall–Kier alpha value is -1.26. The van der Waals surface area contributed by atoms with Crippen LogP contribution in [0.25, 0.3) is 0 Å². The largest absolute Gasteiger partial charge is 0.491 e. The van der Waals surface area contributed by atoms with E-state index in [1.54, 1.807) is 6.07 Å². The second-order valence-corrected chi connectivity index (χ2v) is 4.51. The molecular formula is C14H21ClN2O2. The Morgan fingerprint density at radius 2 is 2.11 bits per heavy atom. The van der Waals surface area contributed by atoms with Crippen molar-refractivity contribution in [1.82, 2.24) is 10.2 Å². The molecule has 0 fully saturated rings. The van der Waals surface area contributed by atoms with Crippen LogP contribution in [0, 0.1) is 0 Å². The fraction of sp³-hybridized carbons (Fsp3) is 0.500. The molecule has 0 bridgehead atoms. The van der Waals surface area contributed by atoms with Crippen molar-refractivity contribution in [2.45, 2.75) is 13.8 Å². The summed E-state index contributed by atoms with van der Waals surface area (Å²) in [5, 5.41) is 3.39. The van der Waals surface area contributed by atoms with Crippen molar-refractivity contribution >= 4 is 17.5 Å². The smallest absolute Gasteiger partial charge is 0.234 e. The second kappa shape index (κ2) is 8.77. The lowest BCUT2D eigenvalue weighted by molar-refractivity contribution is -0.122. The molecule has 0 aliphatic heterocycles. The zero-order valence-corrected chi connectivity index (χ0v) is 12.2. The molecule has 1 N–H and O–H groups in total. The van der Waals surface area contributed by atoms with Gasteiger partial charge in [0.2, 0.25) is 5.91 Å². The third-order valence-electron chi connectivity index (χ3n) is 2.69. The van der Waals surface area contributed by atoms with Crippen LogP contribution in [0.2, 0.25) is 5.02 Å². The summed E-state index contributed by atoms with van der Waals surface area (Å²) in [6, 6.07) is 7.38. The Balaban J connectivity index is 2.34. The van der Waals surface area contributed by atoms with Gasteiger partial charge in [0, 0.05) is 13.1 Å². The number of nitrogens with zero attached hydrogens (tertiary/aromatic N) is 1. The number of likely N-dealkylation sites (N-methyl/N-ethyl adjacent to an activating group) is 2. The number of nitrogens with one attached hydrogen (secondary N) is 1. The maximum atomic E-state index is 11.5. The van der Waals surface area contributed by atoms with Crippen LogP contribution in [0.1, 0.15) is 13.8 Å². The van der Waals surface area contributed by atoms with E-state index in [2.05, 4.69) is 5.32 Å². The van der Waals surface area contributed by atoms with Crippen molar-refractivity contribution < 1.29 is 9.53 Å². The summed E-state index contributed by atoms with van der Waals surface area (Å²) >= 11 is 6.00. The van der Waals surface area contributed by atoms with E-state index >= 15 is 0 Å². The third-order valence-corrected chi connectivity index (χ3v) is 3.00. The first kappa shape index (κ1) is 15.8. The molecule has 0 saturated heterocycles. The molecule has 0 aliphatic rings. The van der Waals surface area contributed by atoms with Gasteiger partial charge in [-0.25, -0.2) is 0 Å². The van der Waals surface area contributed by atoms with Gasteiger partial charge in [0.25, 0.3) is 0 Å². The number of hydrogen-bond acceptors (Lipinski definition) is 3. The minimum atomic E-state index is 0.0436. The highest BCUT2D eigenvalue weighted by Crippen LogP contribution is 2.22. The molecule has 0 unspecified atom stereocenters. The van der Waals surface area contributed by atoms with Crippen molar-refractivity contribution in [3.05, 3.63) is 29.3 Å². The van der Waals surface area contributed by atoms with Gasteiger partial charge in [0.1, 0.15) is 12.4 Å². The van der Waals surface area contributed by atoms with Crippen LogP contribution in [0.15, 0.2) is 24.3 Å². The van der Waals surface area contributed by atoms with E-state index in [0.717, 1.165) is 6.54 Å². The lowest BCUT2D eigenvalue weighted by atomic mass is 10.3. The second-order valence-electron chi connectivity index (χ2n) is 4.10. The molecule has 19 heavy (non-hydrogen) atoms. The van der Waals surface area contributed by atoms with Crippen molar-refractivity contribution in [3.63, 3.8) is 0 Å². The monoisotopic (exact) mass is 284 g/mol. The van der Waals surface area contributed by atoms with Crippen molar-refractivity contribution in [2.24, 2.45) is 0 Å². The summed E-state index contributed by atoms with van der Waals surface area (Å²) in [6.07, 6.45) is 0. The molecule has 106 valence electrons. The van der Waals surface area contributed by atoms with Crippen LogP contribution < -0.4 is 10.1 Å². The highest BCUT2D eigenvalue weighted by atomic mass is 35.5. The summed E-state index contributed by atoms with van der Waals surface area (Å²) < 4.78 is 5.61. The number of rotatable bonds is 8. The number of benzene rings is 1. The van der Waals surface area contributed by atoms with Crippen LogP contribution >= 0.6 is 11.6 Å². The molecule has 0 saturated carbocycles. The van der Waals surface area contributed by atoms with Gasteiger partial charge in [-0.1, -0.05) is 30.7 Å². The quantitative estimate of drug-likeness (QED) is 0.795. The molecule has 1 rings (SSSR count). The van der Waals surface area contributed by atoms with Gasteiger partial charge >= 0.3 is 0 Å². The maximum Gasteiger partial charge on any atom is 0.234 e. The van der Waals surface area contributed by atoms with E-state index < -0.39 is 0 Å². The number of carbonyl (C=O) groups excluding carboxylic acids is 1. The van der Waals surface area contributed by atoms with Gasteiger partial charge in [-0.15, -0.1) is 0 Å². The Morgan fingerprint density at radius 1 is 1.37 bits per heavy atom. The number of carbonyl (C=O) groups is 1. The summed E-state index contributed by atoms with van der Waals surface area (Å²) in [5.74, 6) is 0.723. The fourth-order valence-corrected chi connectivity index (χ4v) is 1.84. The summed E-state index contributed by atoms with van der Waals surface area (Å²) in [4.78, 5) is 13.5. The summed E-state index contributed by atoms with van der Waals surface area (Å²) in [6.45, 7) is 7.00. The van der Waals surface area contributed by atoms with Crippen LogP contribution in [0.4, 0.5) is 0 Å². The zero-order valence-electron chi connectivity index (χ0n) is 11.5. The van der Waals surface area contributed by atoms with Crippen LogP contribution in [-0.4, -0.2) is 43.6 Å². The first-order valence-corrected chi connectivity index (χ1v) is 6.91. The van der Waals surface area contributed by atoms with E-state index in [1.807, 2.05) is 36.9 Å². The van der Waals surface area contributed by atoms with E-state index in [4.69, 9.17) is 16.3 Å². The van der Waals surface area contributed by atoms with Gasteiger partial charge in [0.05, 0.1) is 11.6 Å². The number of para-hydroxylation sites is 1. The Morgan fingerprint density at radius 3 is 2.74 bits per heavy atom. The van der Waals surface area contributed by atoms with E-state index in [-0.39, 0.29) is 5.91 Å². The van der Waals surface area contributed by atoms with Gasteiger partial charge in [-0.2, -0.15) is 0 Å². The van der Waals surface area contributed by atoms with Crippen LogP contribution in [-0.2, 0) is 4.79 Å². The van der Waals surface area contributed by atoms with Gasteiger partial charge in [0.15, 0.2) is 0 Å². The molecule has 0 aliphatic carbocycles. The predicted molar refractivity (Wildman–Crippen MR) is 77.7 cm³/mol. The Kier molecular flexibility index (Phi) is 7.30.